The third kappa shape index (κ3) is 3.87. The van der Waals surface area contributed by atoms with Gasteiger partial charge in [-0.15, -0.1) is 0 Å². The maximum Gasteiger partial charge on any atom is 0.246 e. The average molecular weight is 383 g/mol. The molecule has 3 aromatic rings. The van der Waals surface area contributed by atoms with Gasteiger partial charge in [0, 0.05) is 12.6 Å². The van der Waals surface area contributed by atoms with Crippen molar-refractivity contribution in [1.29, 1.82) is 0 Å². The first-order chi connectivity index (χ1) is 14.2. The van der Waals surface area contributed by atoms with Crippen LogP contribution in [0.3, 0.4) is 0 Å². The van der Waals surface area contributed by atoms with E-state index in [1.807, 2.05) is 102 Å². The van der Waals surface area contributed by atoms with Crippen molar-refractivity contribution < 1.29 is 9.90 Å². The Kier molecular flexibility index (Phi) is 5.59. The van der Waals surface area contributed by atoms with Crippen molar-refractivity contribution in [1.82, 2.24) is 4.90 Å². The zero-order chi connectivity index (χ0) is 20.1. The SMILES string of the molecule is O=C(/C=C/c1ccccc1)N1CCC[C@H]1C(O)(c1ccccc1)c1ccccc1. The van der Waals surface area contributed by atoms with E-state index in [1.165, 1.54) is 0 Å². The minimum atomic E-state index is -1.25. The van der Waals surface area contributed by atoms with Gasteiger partial charge >= 0.3 is 0 Å². The fraction of sp³-hybridized carbons (Fsp3) is 0.192. The van der Waals surface area contributed by atoms with Crippen LogP contribution in [-0.4, -0.2) is 28.5 Å². The highest BCUT2D eigenvalue weighted by atomic mass is 16.3. The first-order valence-electron chi connectivity index (χ1n) is 10.1. The molecular weight excluding hydrogens is 358 g/mol. The van der Waals surface area contributed by atoms with E-state index in [-0.39, 0.29) is 11.9 Å². The van der Waals surface area contributed by atoms with E-state index in [4.69, 9.17) is 0 Å². The van der Waals surface area contributed by atoms with Crippen LogP contribution < -0.4 is 0 Å². The molecule has 0 aliphatic carbocycles. The summed E-state index contributed by atoms with van der Waals surface area (Å²) in [6.45, 7) is 0.643. The molecule has 0 bridgehead atoms. The van der Waals surface area contributed by atoms with Gasteiger partial charge in [0.15, 0.2) is 0 Å². The normalized spacial score (nSPS) is 17.0. The van der Waals surface area contributed by atoms with E-state index in [0.717, 1.165) is 29.5 Å². The van der Waals surface area contributed by atoms with Gasteiger partial charge in [-0.2, -0.15) is 0 Å². The highest BCUT2D eigenvalue weighted by Crippen LogP contribution is 2.40. The van der Waals surface area contributed by atoms with Gasteiger partial charge in [-0.1, -0.05) is 91.0 Å². The fourth-order valence-corrected chi connectivity index (χ4v) is 4.23. The predicted octanol–water partition coefficient (Wildman–Crippen LogP) is 4.63. The molecule has 0 radical (unpaired) electrons. The van der Waals surface area contributed by atoms with E-state index >= 15 is 0 Å². The molecule has 1 aliphatic rings. The van der Waals surface area contributed by atoms with Crippen LogP contribution in [0.2, 0.25) is 0 Å². The quantitative estimate of drug-likeness (QED) is 0.653. The van der Waals surface area contributed by atoms with E-state index in [2.05, 4.69) is 0 Å². The lowest BCUT2D eigenvalue weighted by atomic mass is 9.79. The number of amides is 1. The molecule has 1 fully saturated rings. The molecule has 1 atom stereocenters. The molecule has 4 rings (SSSR count). The van der Waals surface area contributed by atoms with Gasteiger partial charge in [-0.25, -0.2) is 0 Å². The molecule has 0 spiro atoms. The van der Waals surface area contributed by atoms with Crippen LogP contribution in [0.25, 0.3) is 6.08 Å². The van der Waals surface area contributed by atoms with Crippen LogP contribution in [0.5, 0.6) is 0 Å². The van der Waals surface area contributed by atoms with E-state index < -0.39 is 5.60 Å². The highest BCUT2D eigenvalue weighted by molar-refractivity contribution is 5.92. The number of aliphatic hydroxyl groups is 1. The zero-order valence-corrected chi connectivity index (χ0v) is 16.3. The second kappa shape index (κ2) is 8.46. The third-order valence-corrected chi connectivity index (χ3v) is 5.66. The molecule has 1 N–H and O–H groups in total. The van der Waals surface area contributed by atoms with Gasteiger partial charge in [0.25, 0.3) is 0 Å². The summed E-state index contributed by atoms with van der Waals surface area (Å²) in [7, 11) is 0. The molecule has 1 amide bonds. The topological polar surface area (TPSA) is 40.5 Å². The number of nitrogens with zero attached hydrogens (tertiary/aromatic N) is 1. The largest absolute Gasteiger partial charge is 0.378 e. The minimum absolute atomic E-state index is 0.0679. The van der Waals surface area contributed by atoms with Gasteiger partial charge in [0.1, 0.15) is 5.60 Å². The number of hydrogen-bond donors (Lipinski definition) is 1. The lowest BCUT2D eigenvalue weighted by molar-refractivity contribution is -0.131. The molecule has 1 aliphatic heterocycles. The van der Waals surface area contributed by atoms with Crippen molar-refractivity contribution in [2.45, 2.75) is 24.5 Å². The molecule has 146 valence electrons. The Labute approximate surface area is 171 Å². The first kappa shape index (κ1) is 19.2. The fourth-order valence-electron chi connectivity index (χ4n) is 4.23. The van der Waals surface area contributed by atoms with Gasteiger partial charge < -0.3 is 10.0 Å². The van der Waals surface area contributed by atoms with Crippen LogP contribution in [-0.2, 0) is 10.4 Å². The minimum Gasteiger partial charge on any atom is -0.378 e. The molecule has 0 saturated carbocycles. The smallest absolute Gasteiger partial charge is 0.246 e. The Morgan fingerprint density at radius 1 is 0.862 bits per heavy atom. The maximum absolute atomic E-state index is 13.1. The number of rotatable bonds is 5. The lowest BCUT2D eigenvalue weighted by Crippen LogP contribution is -2.50. The Morgan fingerprint density at radius 3 is 1.93 bits per heavy atom. The Morgan fingerprint density at radius 2 is 1.38 bits per heavy atom. The predicted molar refractivity (Wildman–Crippen MR) is 116 cm³/mol. The van der Waals surface area contributed by atoms with Crippen LogP contribution in [0.1, 0.15) is 29.5 Å². The summed E-state index contributed by atoms with van der Waals surface area (Å²) >= 11 is 0. The van der Waals surface area contributed by atoms with E-state index in [1.54, 1.807) is 6.08 Å². The maximum atomic E-state index is 13.1. The van der Waals surface area contributed by atoms with Crippen molar-refractivity contribution in [2.24, 2.45) is 0 Å². The molecule has 29 heavy (non-hydrogen) atoms. The molecule has 0 unspecified atom stereocenters. The van der Waals surface area contributed by atoms with Crippen molar-refractivity contribution in [3.05, 3.63) is 114 Å². The molecule has 3 nitrogen and oxygen atoms in total. The molecule has 3 aromatic carbocycles. The highest BCUT2D eigenvalue weighted by Gasteiger charge is 2.46. The summed E-state index contributed by atoms with van der Waals surface area (Å²) in [4.78, 5) is 14.9. The summed E-state index contributed by atoms with van der Waals surface area (Å²) < 4.78 is 0. The van der Waals surface area contributed by atoms with Gasteiger partial charge in [0.2, 0.25) is 5.91 Å². The first-order valence-corrected chi connectivity index (χ1v) is 10.1. The second-order valence-corrected chi connectivity index (χ2v) is 7.43. The van der Waals surface area contributed by atoms with Gasteiger partial charge in [-0.3, -0.25) is 4.79 Å². The van der Waals surface area contributed by atoms with E-state index in [0.29, 0.717) is 6.54 Å². The second-order valence-electron chi connectivity index (χ2n) is 7.43. The van der Waals surface area contributed by atoms with Crippen LogP contribution >= 0.6 is 0 Å². The molecule has 1 saturated heterocycles. The number of likely N-dealkylation sites (tertiary alicyclic amines) is 1. The Bertz CT molecular complexity index is 928. The zero-order valence-electron chi connectivity index (χ0n) is 16.3. The third-order valence-electron chi connectivity index (χ3n) is 5.66. The Hall–Kier alpha value is -3.17. The van der Waals surface area contributed by atoms with Gasteiger partial charge in [-0.05, 0) is 35.6 Å². The van der Waals surface area contributed by atoms with Crippen molar-refractivity contribution >= 4 is 12.0 Å². The summed E-state index contributed by atoms with van der Waals surface area (Å²) in [5, 5.41) is 12.0. The van der Waals surface area contributed by atoms with Crippen molar-refractivity contribution in [3.8, 4) is 0 Å². The Balaban J connectivity index is 1.69. The summed E-state index contributed by atoms with van der Waals surface area (Å²) in [5.41, 5.74) is 1.35. The van der Waals surface area contributed by atoms with Crippen LogP contribution in [0, 0.1) is 0 Å². The molecule has 1 heterocycles. The van der Waals surface area contributed by atoms with E-state index in [9.17, 15) is 9.90 Å². The van der Waals surface area contributed by atoms with Crippen molar-refractivity contribution in [3.63, 3.8) is 0 Å². The number of hydrogen-bond acceptors (Lipinski definition) is 2. The molecule has 0 aromatic heterocycles. The summed E-state index contributed by atoms with van der Waals surface area (Å²) in [6, 6.07) is 28.8. The van der Waals surface area contributed by atoms with Gasteiger partial charge in [0.05, 0.1) is 6.04 Å². The van der Waals surface area contributed by atoms with Crippen LogP contribution in [0.15, 0.2) is 97.1 Å². The summed E-state index contributed by atoms with van der Waals surface area (Å²) in [6.07, 6.45) is 5.08. The number of benzene rings is 3. The lowest BCUT2D eigenvalue weighted by Gasteiger charge is -2.39. The molecular formula is C26H25NO2. The van der Waals surface area contributed by atoms with Crippen molar-refractivity contribution in [2.75, 3.05) is 6.54 Å². The summed E-state index contributed by atoms with van der Waals surface area (Å²) in [5.74, 6) is -0.0679. The molecule has 3 heteroatoms. The average Bonchev–Trinajstić information content (AvgIpc) is 3.29. The number of carbonyl (C=O) groups excluding carboxylic acids is 1. The standard InChI is InChI=1S/C26H25NO2/c28-25(19-18-21-11-4-1-5-12-21)27-20-10-17-24(27)26(29,22-13-6-2-7-14-22)23-15-8-3-9-16-23/h1-9,11-16,18-19,24,29H,10,17,20H2/b19-18+/t24-/m0/s1. The number of carbonyl (C=O) groups is 1. The monoisotopic (exact) mass is 383 g/mol. The van der Waals surface area contributed by atoms with Crippen LogP contribution in [0.4, 0.5) is 0 Å².